The maximum absolute atomic E-state index is 11.9. The summed E-state index contributed by atoms with van der Waals surface area (Å²) in [6.45, 7) is 7.29. The molecule has 2 amide bonds. The first-order valence-corrected chi connectivity index (χ1v) is 12.1. The fourth-order valence-electron chi connectivity index (χ4n) is 4.31. The molecule has 168 valence electrons. The van der Waals surface area contributed by atoms with Crippen molar-refractivity contribution in [1.82, 2.24) is 15.2 Å². The molecule has 0 atom stereocenters. The molecule has 0 aliphatic carbocycles. The molecule has 2 aromatic carbocycles. The first-order valence-electron chi connectivity index (χ1n) is 10.9. The van der Waals surface area contributed by atoms with Gasteiger partial charge >= 0.3 is 0 Å². The van der Waals surface area contributed by atoms with Crippen molar-refractivity contribution in [3.8, 4) is 11.1 Å². The highest BCUT2D eigenvalue weighted by Crippen LogP contribution is 2.35. The van der Waals surface area contributed by atoms with E-state index in [4.69, 9.17) is 11.6 Å². The van der Waals surface area contributed by atoms with Gasteiger partial charge in [0.1, 0.15) is 0 Å². The summed E-state index contributed by atoms with van der Waals surface area (Å²) in [6, 6.07) is 12.1. The van der Waals surface area contributed by atoms with Crippen molar-refractivity contribution >= 4 is 57.0 Å². The zero-order valence-corrected chi connectivity index (χ0v) is 19.7. The van der Waals surface area contributed by atoms with Crippen molar-refractivity contribution in [3.05, 3.63) is 64.3 Å². The molecule has 0 saturated carbocycles. The van der Waals surface area contributed by atoms with Crippen LogP contribution < -0.4 is 10.2 Å². The number of nitrogens with zero attached hydrogens (tertiary/aromatic N) is 3. The van der Waals surface area contributed by atoms with Gasteiger partial charge < -0.3 is 9.80 Å². The lowest BCUT2D eigenvalue weighted by atomic mass is 9.98. The number of carbonyl (C=O) groups is 2. The van der Waals surface area contributed by atoms with Crippen LogP contribution in [-0.4, -0.2) is 53.8 Å². The fourth-order valence-corrected chi connectivity index (χ4v) is 5.29. The number of nitrogens with one attached hydrogen (secondary N) is 1. The second-order valence-electron chi connectivity index (χ2n) is 8.11. The smallest absolute Gasteiger partial charge is 0.290 e. The van der Waals surface area contributed by atoms with Crippen LogP contribution in [0.4, 0.5) is 10.5 Å². The minimum atomic E-state index is -0.359. The van der Waals surface area contributed by atoms with E-state index in [0.717, 1.165) is 82.7 Å². The van der Waals surface area contributed by atoms with E-state index in [1.54, 1.807) is 6.08 Å². The van der Waals surface area contributed by atoms with Gasteiger partial charge in [-0.2, -0.15) is 0 Å². The van der Waals surface area contributed by atoms with Crippen molar-refractivity contribution in [1.29, 1.82) is 0 Å². The molecular formula is C25H23ClN4O2S. The zero-order valence-electron chi connectivity index (χ0n) is 18.2. The molecule has 6 nitrogen and oxygen atoms in total. The van der Waals surface area contributed by atoms with Crippen LogP contribution in [0.15, 0.2) is 53.7 Å². The van der Waals surface area contributed by atoms with Crippen LogP contribution in [-0.2, 0) is 4.79 Å². The van der Waals surface area contributed by atoms with Crippen molar-refractivity contribution in [3.63, 3.8) is 0 Å². The Bertz CT molecular complexity index is 1280. The molecule has 1 aromatic heterocycles. The summed E-state index contributed by atoms with van der Waals surface area (Å²) in [6.07, 6.45) is 5.39. The molecule has 3 heterocycles. The summed E-state index contributed by atoms with van der Waals surface area (Å²) in [5.41, 5.74) is 3.86. The summed E-state index contributed by atoms with van der Waals surface area (Å²) in [7, 11) is 0. The summed E-state index contributed by atoms with van der Waals surface area (Å²) >= 11 is 7.66. The van der Waals surface area contributed by atoms with Crippen molar-refractivity contribution in [2.45, 2.75) is 6.92 Å². The van der Waals surface area contributed by atoms with Crippen molar-refractivity contribution in [2.75, 3.05) is 37.6 Å². The van der Waals surface area contributed by atoms with E-state index in [1.165, 1.54) is 0 Å². The van der Waals surface area contributed by atoms with Crippen LogP contribution >= 0.6 is 23.4 Å². The number of aromatic nitrogens is 1. The average molecular weight is 479 g/mol. The highest BCUT2D eigenvalue weighted by atomic mass is 35.5. The van der Waals surface area contributed by atoms with E-state index < -0.39 is 0 Å². The maximum atomic E-state index is 11.9. The van der Waals surface area contributed by atoms with Crippen LogP contribution in [0.3, 0.4) is 0 Å². The first-order chi connectivity index (χ1) is 16.0. The molecular weight excluding hydrogens is 456 g/mol. The Hall–Kier alpha value is -2.87. The quantitative estimate of drug-likeness (QED) is 0.531. The van der Waals surface area contributed by atoms with Crippen LogP contribution in [0.2, 0.25) is 5.02 Å². The van der Waals surface area contributed by atoms with Crippen LogP contribution in [0.5, 0.6) is 0 Å². The Morgan fingerprint density at radius 1 is 1.09 bits per heavy atom. The van der Waals surface area contributed by atoms with Gasteiger partial charge in [0, 0.05) is 49.5 Å². The molecule has 2 saturated heterocycles. The third-order valence-electron chi connectivity index (χ3n) is 6.14. The largest absolute Gasteiger partial charge is 0.368 e. The summed E-state index contributed by atoms with van der Waals surface area (Å²) in [5.74, 6) is -0.359. The maximum Gasteiger partial charge on any atom is 0.290 e. The lowest BCUT2D eigenvalue weighted by Gasteiger charge is -2.36. The lowest BCUT2D eigenvalue weighted by Crippen LogP contribution is -2.46. The number of hydrogen-bond donors (Lipinski definition) is 1. The number of hydrogen-bond acceptors (Lipinski definition) is 6. The molecule has 2 aliphatic rings. The Morgan fingerprint density at radius 2 is 1.91 bits per heavy atom. The van der Waals surface area contributed by atoms with E-state index in [0.29, 0.717) is 4.91 Å². The highest BCUT2D eigenvalue weighted by Gasteiger charge is 2.25. The van der Waals surface area contributed by atoms with E-state index in [2.05, 4.69) is 39.2 Å². The number of thioether (sulfide) groups is 1. The van der Waals surface area contributed by atoms with Crippen LogP contribution in [0.25, 0.3) is 28.0 Å². The Balaban J connectivity index is 1.48. The molecule has 1 N–H and O–H groups in total. The number of imide groups is 1. The predicted octanol–water partition coefficient (Wildman–Crippen LogP) is 5.02. The van der Waals surface area contributed by atoms with Gasteiger partial charge in [0.15, 0.2) is 0 Å². The van der Waals surface area contributed by atoms with Gasteiger partial charge in [-0.05, 0) is 59.1 Å². The van der Waals surface area contributed by atoms with Gasteiger partial charge in [0.05, 0.1) is 15.6 Å². The van der Waals surface area contributed by atoms with E-state index in [1.807, 2.05) is 36.7 Å². The number of carbonyl (C=O) groups excluding carboxylic acids is 2. The van der Waals surface area contributed by atoms with E-state index in [-0.39, 0.29) is 11.1 Å². The van der Waals surface area contributed by atoms with E-state index >= 15 is 0 Å². The van der Waals surface area contributed by atoms with Gasteiger partial charge in [-0.3, -0.25) is 19.9 Å². The first kappa shape index (κ1) is 21.9. The number of rotatable bonds is 4. The SMILES string of the molecule is CCN1CCN(c2ccc(-c3cncc4ccc(C=C5SC(=O)NC5=O)cc34)cc2Cl)CC1. The van der Waals surface area contributed by atoms with Crippen LogP contribution in [0.1, 0.15) is 12.5 Å². The lowest BCUT2D eigenvalue weighted by molar-refractivity contribution is -0.115. The van der Waals surface area contributed by atoms with Crippen LogP contribution in [0, 0.1) is 0 Å². The number of fused-ring (bicyclic) bond motifs is 1. The average Bonchev–Trinajstić information content (AvgIpc) is 3.15. The molecule has 5 rings (SSSR count). The van der Waals surface area contributed by atoms with Crippen molar-refractivity contribution in [2.24, 2.45) is 0 Å². The Kier molecular flexibility index (Phi) is 6.10. The number of pyridine rings is 1. The number of amides is 2. The van der Waals surface area contributed by atoms with E-state index in [9.17, 15) is 9.59 Å². The molecule has 0 bridgehead atoms. The molecule has 2 fully saturated rings. The molecule has 0 radical (unpaired) electrons. The summed E-state index contributed by atoms with van der Waals surface area (Å²) < 4.78 is 0. The number of piperazine rings is 1. The van der Waals surface area contributed by atoms with Crippen molar-refractivity contribution < 1.29 is 9.59 Å². The number of likely N-dealkylation sites (N-methyl/N-ethyl adjacent to an activating group) is 1. The normalized spacial score (nSPS) is 18.4. The highest BCUT2D eigenvalue weighted by molar-refractivity contribution is 8.18. The fraction of sp³-hybridized carbons (Fsp3) is 0.240. The second-order valence-corrected chi connectivity index (χ2v) is 9.53. The third-order valence-corrected chi connectivity index (χ3v) is 7.26. The van der Waals surface area contributed by atoms with Gasteiger partial charge in [-0.1, -0.05) is 36.7 Å². The molecule has 8 heteroatoms. The second kappa shape index (κ2) is 9.17. The standard InChI is InChI=1S/C25H23ClN4O2S/c1-2-29-7-9-30(10-8-29)22-6-5-17(13-21(22)26)20-15-27-14-18-4-3-16(11-19(18)20)12-23-24(31)28-25(32)33-23/h3-6,11-15H,2,7-10H2,1H3,(H,28,31,32). The Labute approximate surface area is 201 Å². The Morgan fingerprint density at radius 3 is 2.61 bits per heavy atom. The third kappa shape index (κ3) is 4.49. The topological polar surface area (TPSA) is 65.5 Å². The molecule has 0 unspecified atom stereocenters. The summed E-state index contributed by atoms with van der Waals surface area (Å²) in [4.78, 5) is 33.0. The number of benzene rings is 2. The van der Waals surface area contributed by atoms with Gasteiger partial charge in [0.25, 0.3) is 11.1 Å². The minimum absolute atomic E-state index is 0.345. The molecule has 0 spiro atoms. The van der Waals surface area contributed by atoms with Gasteiger partial charge in [-0.15, -0.1) is 0 Å². The molecule has 3 aromatic rings. The monoisotopic (exact) mass is 478 g/mol. The molecule has 2 aliphatic heterocycles. The molecule has 33 heavy (non-hydrogen) atoms. The predicted molar refractivity (Wildman–Crippen MR) is 136 cm³/mol. The number of halogens is 1. The summed E-state index contributed by atoms with van der Waals surface area (Å²) in [5, 5.41) is 4.67. The van der Waals surface area contributed by atoms with Gasteiger partial charge in [-0.25, -0.2) is 0 Å². The zero-order chi connectivity index (χ0) is 22.9. The number of anilines is 1. The van der Waals surface area contributed by atoms with Gasteiger partial charge in [0.2, 0.25) is 0 Å². The minimum Gasteiger partial charge on any atom is -0.368 e.